The van der Waals surface area contributed by atoms with E-state index in [0.29, 0.717) is 37.9 Å². The molecule has 140 valence electrons. The van der Waals surface area contributed by atoms with Crippen LogP contribution in [0.25, 0.3) is 0 Å². The number of pyridine rings is 1. The van der Waals surface area contributed by atoms with E-state index in [4.69, 9.17) is 0 Å². The molecule has 0 atom stereocenters. The second kappa shape index (κ2) is 6.97. The third-order valence-corrected chi connectivity index (χ3v) is 4.23. The fraction of sp³-hybridized carbons (Fsp3) is 0.471. The summed E-state index contributed by atoms with van der Waals surface area (Å²) in [5.41, 5.74) is 0.165. The van der Waals surface area contributed by atoms with Gasteiger partial charge in [0.05, 0.1) is 5.56 Å². The standard InChI is InChI=1S/C17H21F3N6/c1-12-10-15(23-16(22-12)24(2)3)26-8-6-25(7-9-26)14-5-4-13(11-21-14)17(18,19)20/h4-5,10-11H,6-9H2,1-3H3. The molecule has 0 aromatic carbocycles. The number of halogens is 3. The van der Waals surface area contributed by atoms with Gasteiger partial charge in [-0.2, -0.15) is 18.2 Å². The van der Waals surface area contributed by atoms with Gasteiger partial charge in [0.25, 0.3) is 0 Å². The Morgan fingerprint density at radius 3 is 2.08 bits per heavy atom. The molecule has 2 aromatic heterocycles. The smallest absolute Gasteiger partial charge is 0.353 e. The third kappa shape index (κ3) is 3.97. The van der Waals surface area contributed by atoms with Gasteiger partial charge in [-0.05, 0) is 19.1 Å². The van der Waals surface area contributed by atoms with Crippen LogP contribution in [0.5, 0.6) is 0 Å². The maximum absolute atomic E-state index is 12.6. The van der Waals surface area contributed by atoms with Crippen molar-refractivity contribution in [1.82, 2.24) is 15.0 Å². The first-order chi connectivity index (χ1) is 12.2. The highest BCUT2D eigenvalue weighted by Crippen LogP contribution is 2.29. The van der Waals surface area contributed by atoms with Crippen LogP contribution in [0.2, 0.25) is 0 Å². The molecule has 0 amide bonds. The molecule has 3 rings (SSSR count). The van der Waals surface area contributed by atoms with Crippen molar-refractivity contribution in [3.05, 3.63) is 35.7 Å². The molecule has 0 aliphatic carbocycles. The summed E-state index contributed by atoms with van der Waals surface area (Å²) < 4.78 is 37.9. The lowest BCUT2D eigenvalue weighted by Gasteiger charge is -2.36. The summed E-state index contributed by atoms with van der Waals surface area (Å²) >= 11 is 0. The number of nitrogens with zero attached hydrogens (tertiary/aromatic N) is 6. The minimum atomic E-state index is -4.36. The van der Waals surface area contributed by atoms with Gasteiger partial charge >= 0.3 is 6.18 Å². The largest absolute Gasteiger partial charge is 0.417 e. The molecule has 1 aliphatic rings. The quantitative estimate of drug-likeness (QED) is 0.832. The van der Waals surface area contributed by atoms with Gasteiger partial charge in [0.2, 0.25) is 5.95 Å². The van der Waals surface area contributed by atoms with Gasteiger partial charge in [0.1, 0.15) is 11.6 Å². The van der Waals surface area contributed by atoms with E-state index in [9.17, 15) is 13.2 Å². The van der Waals surface area contributed by atoms with Gasteiger partial charge in [-0.1, -0.05) is 0 Å². The molecule has 26 heavy (non-hydrogen) atoms. The van der Waals surface area contributed by atoms with E-state index >= 15 is 0 Å². The lowest BCUT2D eigenvalue weighted by molar-refractivity contribution is -0.137. The zero-order valence-electron chi connectivity index (χ0n) is 15.0. The molecule has 0 bridgehead atoms. The van der Waals surface area contributed by atoms with Gasteiger partial charge in [0.15, 0.2) is 0 Å². The number of hydrogen-bond donors (Lipinski definition) is 0. The number of alkyl halides is 3. The van der Waals surface area contributed by atoms with Crippen LogP contribution in [-0.4, -0.2) is 55.2 Å². The van der Waals surface area contributed by atoms with Gasteiger partial charge in [-0.25, -0.2) is 9.97 Å². The van der Waals surface area contributed by atoms with Crippen LogP contribution >= 0.6 is 0 Å². The Hall–Kier alpha value is -2.58. The number of aromatic nitrogens is 3. The zero-order valence-corrected chi connectivity index (χ0v) is 15.0. The summed E-state index contributed by atoms with van der Waals surface area (Å²) in [5, 5.41) is 0. The second-order valence-corrected chi connectivity index (χ2v) is 6.44. The van der Waals surface area contributed by atoms with E-state index in [1.165, 1.54) is 6.07 Å². The van der Waals surface area contributed by atoms with E-state index < -0.39 is 11.7 Å². The Balaban J connectivity index is 1.68. The molecule has 0 radical (unpaired) electrons. The molecule has 1 saturated heterocycles. The molecule has 3 heterocycles. The highest BCUT2D eigenvalue weighted by molar-refractivity contribution is 5.48. The minimum absolute atomic E-state index is 0.561. The fourth-order valence-corrected chi connectivity index (χ4v) is 2.80. The number of rotatable bonds is 3. The van der Waals surface area contributed by atoms with Crippen molar-refractivity contribution < 1.29 is 13.2 Å². The number of aryl methyl sites for hydroxylation is 1. The average Bonchev–Trinajstić information content (AvgIpc) is 2.61. The fourth-order valence-electron chi connectivity index (χ4n) is 2.80. The SMILES string of the molecule is Cc1cc(N2CCN(c3ccc(C(F)(F)F)cn3)CC2)nc(N(C)C)n1. The lowest BCUT2D eigenvalue weighted by atomic mass is 10.2. The van der Waals surface area contributed by atoms with Crippen molar-refractivity contribution in [3.8, 4) is 0 Å². The van der Waals surface area contributed by atoms with Gasteiger partial charge in [-0.3, -0.25) is 0 Å². The monoisotopic (exact) mass is 366 g/mol. The van der Waals surface area contributed by atoms with Crippen LogP contribution in [0, 0.1) is 6.92 Å². The molecule has 2 aromatic rings. The van der Waals surface area contributed by atoms with E-state index in [1.54, 1.807) is 0 Å². The summed E-state index contributed by atoms with van der Waals surface area (Å²) in [6, 6.07) is 4.45. The number of piperazine rings is 1. The molecule has 1 aliphatic heterocycles. The topological polar surface area (TPSA) is 48.4 Å². The predicted molar refractivity (Wildman–Crippen MR) is 94.8 cm³/mol. The highest BCUT2D eigenvalue weighted by atomic mass is 19.4. The summed E-state index contributed by atoms with van der Waals surface area (Å²) in [7, 11) is 3.79. The van der Waals surface area contributed by atoms with Crippen molar-refractivity contribution in [2.45, 2.75) is 13.1 Å². The van der Waals surface area contributed by atoms with Crippen LogP contribution in [0.15, 0.2) is 24.4 Å². The second-order valence-electron chi connectivity index (χ2n) is 6.44. The maximum Gasteiger partial charge on any atom is 0.417 e. The molecular weight excluding hydrogens is 345 g/mol. The lowest BCUT2D eigenvalue weighted by Crippen LogP contribution is -2.47. The number of anilines is 3. The highest BCUT2D eigenvalue weighted by Gasteiger charge is 2.31. The van der Waals surface area contributed by atoms with Crippen molar-refractivity contribution in [2.24, 2.45) is 0 Å². The first kappa shape index (κ1) is 18.2. The van der Waals surface area contributed by atoms with Crippen molar-refractivity contribution in [3.63, 3.8) is 0 Å². The first-order valence-corrected chi connectivity index (χ1v) is 8.30. The van der Waals surface area contributed by atoms with Crippen LogP contribution < -0.4 is 14.7 Å². The Labute approximate surface area is 150 Å². The van der Waals surface area contributed by atoms with E-state index in [2.05, 4.69) is 19.9 Å². The van der Waals surface area contributed by atoms with Gasteiger partial charge < -0.3 is 14.7 Å². The Morgan fingerprint density at radius 2 is 1.58 bits per heavy atom. The summed E-state index contributed by atoms with van der Waals surface area (Å²) in [6.07, 6.45) is -3.47. The third-order valence-electron chi connectivity index (χ3n) is 4.23. The molecule has 1 fully saturated rings. The average molecular weight is 366 g/mol. The normalized spacial score (nSPS) is 15.3. The Bertz CT molecular complexity index is 752. The predicted octanol–water partition coefficient (Wildman–Crippen LogP) is 2.59. The van der Waals surface area contributed by atoms with Crippen LogP contribution in [0.1, 0.15) is 11.3 Å². The molecule has 0 spiro atoms. The van der Waals surface area contributed by atoms with Gasteiger partial charge in [-0.15, -0.1) is 0 Å². The van der Waals surface area contributed by atoms with Gasteiger partial charge in [0, 0.05) is 58.2 Å². The Morgan fingerprint density at radius 1 is 0.962 bits per heavy atom. The zero-order chi connectivity index (χ0) is 18.9. The van der Waals surface area contributed by atoms with Crippen LogP contribution in [-0.2, 0) is 6.18 Å². The van der Waals surface area contributed by atoms with E-state index in [1.807, 2.05) is 36.9 Å². The van der Waals surface area contributed by atoms with E-state index in [-0.39, 0.29) is 0 Å². The molecule has 0 unspecified atom stereocenters. The maximum atomic E-state index is 12.6. The summed E-state index contributed by atoms with van der Waals surface area (Å²) in [5.74, 6) is 2.08. The molecule has 6 nitrogen and oxygen atoms in total. The Kier molecular flexibility index (Phi) is 4.88. The molecule has 0 N–H and O–H groups in total. The minimum Gasteiger partial charge on any atom is -0.353 e. The van der Waals surface area contributed by atoms with Crippen molar-refractivity contribution in [1.29, 1.82) is 0 Å². The van der Waals surface area contributed by atoms with Crippen molar-refractivity contribution in [2.75, 3.05) is 55.0 Å². The molecule has 9 heteroatoms. The first-order valence-electron chi connectivity index (χ1n) is 8.30. The summed E-state index contributed by atoms with van der Waals surface area (Å²) in [4.78, 5) is 18.9. The summed E-state index contributed by atoms with van der Waals surface area (Å²) in [6.45, 7) is 4.69. The van der Waals surface area contributed by atoms with Crippen LogP contribution in [0.3, 0.4) is 0 Å². The molecular formula is C17H21F3N6. The van der Waals surface area contributed by atoms with Crippen molar-refractivity contribution >= 4 is 17.6 Å². The molecule has 0 saturated carbocycles. The van der Waals surface area contributed by atoms with Crippen LogP contribution in [0.4, 0.5) is 30.8 Å². The number of hydrogen-bond acceptors (Lipinski definition) is 6. The van der Waals surface area contributed by atoms with E-state index in [0.717, 1.165) is 23.8 Å².